The van der Waals surface area contributed by atoms with Crippen LogP contribution in [0, 0.1) is 5.41 Å². The minimum Gasteiger partial charge on any atom is -0.329 e. The fourth-order valence-corrected chi connectivity index (χ4v) is 1.63. The molecule has 0 aliphatic rings. The van der Waals surface area contributed by atoms with Crippen LogP contribution >= 0.6 is 0 Å². The fourth-order valence-electron chi connectivity index (χ4n) is 1.63. The average molecular weight is 208 g/mol. The van der Waals surface area contributed by atoms with Gasteiger partial charge in [0.25, 0.3) is 0 Å². The maximum atomic E-state index is 4.29. The molecule has 86 valence electrons. The molecule has 0 N–H and O–H groups in total. The molecular formula is C13H24N2. The zero-order valence-electron chi connectivity index (χ0n) is 11.1. The predicted octanol–water partition coefficient (Wildman–Crippen LogP) is 3.79. The van der Waals surface area contributed by atoms with Crippen molar-refractivity contribution in [3.05, 3.63) is 18.2 Å². The van der Waals surface area contributed by atoms with Crippen LogP contribution in [0.5, 0.6) is 0 Å². The van der Waals surface area contributed by atoms with Crippen molar-refractivity contribution in [1.82, 2.24) is 9.55 Å². The Balaban J connectivity index is 3.12. The van der Waals surface area contributed by atoms with Crippen molar-refractivity contribution in [3.8, 4) is 0 Å². The lowest BCUT2D eigenvalue weighted by molar-refractivity contribution is 0.300. The van der Waals surface area contributed by atoms with Crippen molar-refractivity contribution in [2.75, 3.05) is 0 Å². The van der Waals surface area contributed by atoms with Crippen LogP contribution in [-0.4, -0.2) is 9.55 Å². The second kappa shape index (κ2) is 3.66. The first-order valence-corrected chi connectivity index (χ1v) is 5.67. The van der Waals surface area contributed by atoms with Crippen LogP contribution in [0.1, 0.15) is 60.1 Å². The van der Waals surface area contributed by atoms with Crippen LogP contribution in [0.15, 0.2) is 12.5 Å². The van der Waals surface area contributed by atoms with Crippen LogP contribution in [0.3, 0.4) is 0 Å². The Morgan fingerprint density at radius 1 is 1.13 bits per heavy atom. The topological polar surface area (TPSA) is 17.8 Å². The van der Waals surface area contributed by atoms with Crippen LogP contribution in [0.4, 0.5) is 0 Å². The quantitative estimate of drug-likeness (QED) is 0.686. The van der Waals surface area contributed by atoms with Gasteiger partial charge in [-0.2, -0.15) is 0 Å². The van der Waals surface area contributed by atoms with Gasteiger partial charge in [0.05, 0.1) is 6.33 Å². The number of rotatable bonds is 1. The summed E-state index contributed by atoms with van der Waals surface area (Å²) in [6.45, 7) is 15.8. The highest BCUT2D eigenvalue weighted by molar-refractivity contribution is 5.10. The minimum absolute atomic E-state index is 0.116. The number of aromatic nitrogens is 2. The van der Waals surface area contributed by atoms with Gasteiger partial charge < -0.3 is 4.57 Å². The Labute approximate surface area is 93.7 Å². The Hall–Kier alpha value is -0.790. The van der Waals surface area contributed by atoms with Gasteiger partial charge in [-0.05, 0) is 26.2 Å². The van der Waals surface area contributed by atoms with Gasteiger partial charge in [0, 0.05) is 23.3 Å². The first-order chi connectivity index (χ1) is 6.64. The van der Waals surface area contributed by atoms with E-state index in [1.54, 1.807) is 0 Å². The molecule has 1 heterocycles. The Bertz CT molecular complexity index is 323. The Morgan fingerprint density at radius 2 is 1.67 bits per heavy atom. The summed E-state index contributed by atoms with van der Waals surface area (Å²) in [6, 6.07) is 0. The molecule has 0 amide bonds. The molecule has 1 rings (SSSR count). The third-order valence-corrected chi connectivity index (χ3v) is 3.13. The number of nitrogens with zero attached hydrogens (tertiary/aromatic N) is 2. The molecule has 1 aromatic rings. The average Bonchev–Trinajstić information content (AvgIpc) is 2.47. The highest BCUT2D eigenvalue weighted by atomic mass is 15.1. The predicted molar refractivity (Wildman–Crippen MR) is 65.1 cm³/mol. The van der Waals surface area contributed by atoms with Crippen LogP contribution in [0.2, 0.25) is 0 Å². The van der Waals surface area contributed by atoms with Crippen molar-refractivity contribution in [3.63, 3.8) is 0 Å². The maximum Gasteiger partial charge on any atom is 0.0953 e. The molecule has 0 spiro atoms. The van der Waals surface area contributed by atoms with E-state index in [-0.39, 0.29) is 11.0 Å². The molecule has 0 saturated carbocycles. The van der Waals surface area contributed by atoms with Gasteiger partial charge in [-0.1, -0.05) is 27.7 Å². The molecule has 0 fully saturated rings. The van der Waals surface area contributed by atoms with Gasteiger partial charge in [-0.3, -0.25) is 0 Å². The third-order valence-electron chi connectivity index (χ3n) is 3.13. The Kier molecular flexibility index (Phi) is 2.99. The van der Waals surface area contributed by atoms with E-state index in [1.165, 1.54) is 5.69 Å². The SMILES string of the molecule is CC(c1cncn1C(C)(C)C)C(C)(C)C. The van der Waals surface area contributed by atoms with Crippen molar-refractivity contribution in [1.29, 1.82) is 0 Å². The lowest BCUT2D eigenvalue weighted by atomic mass is 9.80. The summed E-state index contributed by atoms with van der Waals surface area (Å²) < 4.78 is 2.28. The minimum atomic E-state index is 0.116. The first kappa shape index (κ1) is 12.3. The second-order valence-electron chi connectivity index (χ2n) is 6.45. The monoisotopic (exact) mass is 208 g/mol. The molecular weight excluding hydrogens is 184 g/mol. The van der Waals surface area contributed by atoms with E-state index in [0.29, 0.717) is 5.92 Å². The summed E-state index contributed by atoms with van der Waals surface area (Å²) in [5.41, 5.74) is 1.73. The van der Waals surface area contributed by atoms with Crippen LogP contribution < -0.4 is 0 Å². The van der Waals surface area contributed by atoms with Gasteiger partial charge in [0.2, 0.25) is 0 Å². The van der Waals surface area contributed by atoms with E-state index >= 15 is 0 Å². The lowest BCUT2D eigenvalue weighted by Crippen LogP contribution is -2.27. The van der Waals surface area contributed by atoms with Gasteiger partial charge in [0.1, 0.15) is 0 Å². The Morgan fingerprint density at radius 3 is 2.07 bits per heavy atom. The molecule has 0 radical (unpaired) electrons. The summed E-state index contributed by atoms with van der Waals surface area (Å²) in [4.78, 5) is 4.29. The van der Waals surface area contributed by atoms with E-state index in [9.17, 15) is 0 Å². The van der Waals surface area contributed by atoms with Crippen LogP contribution in [0.25, 0.3) is 0 Å². The highest BCUT2D eigenvalue weighted by Crippen LogP contribution is 2.35. The van der Waals surface area contributed by atoms with Gasteiger partial charge in [-0.25, -0.2) is 4.98 Å². The number of imidazole rings is 1. The molecule has 2 heteroatoms. The number of hydrogen-bond donors (Lipinski definition) is 0. The van der Waals surface area contributed by atoms with E-state index in [2.05, 4.69) is 58.0 Å². The molecule has 15 heavy (non-hydrogen) atoms. The molecule has 1 aromatic heterocycles. The molecule has 0 aliphatic carbocycles. The van der Waals surface area contributed by atoms with Crippen LogP contribution in [-0.2, 0) is 5.54 Å². The van der Waals surface area contributed by atoms with Gasteiger partial charge in [-0.15, -0.1) is 0 Å². The normalized spacial score (nSPS) is 15.4. The molecule has 1 atom stereocenters. The second-order valence-corrected chi connectivity index (χ2v) is 6.45. The van der Waals surface area contributed by atoms with E-state index in [4.69, 9.17) is 0 Å². The largest absolute Gasteiger partial charge is 0.329 e. The van der Waals surface area contributed by atoms with Gasteiger partial charge >= 0.3 is 0 Å². The lowest BCUT2D eigenvalue weighted by Gasteiger charge is -2.32. The zero-order chi connectivity index (χ0) is 11.9. The van der Waals surface area contributed by atoms with E-state index in [0.717, 1.165) is 0 Å². The molecule has 2 nitrogen and oxygen atoms in total. The number of hydrogen-bond acceptors (Lipinski definition) is 1. The first-order valence-electron chi connectivity index (χ1n) is 5.67. The molecule has 0 aromatic carbocycles. The standard InChI is InChI=1S/C13H24N2/c1-10(12(2,3)4)11-8-14-9-15(11)13(5,6)7/h8-10H,1-7H3. The third kappa shape index (κ3) is 2.61. The summed E-state index contributed by atoms with van der Waals surface area (Å²) in [7, 11) is 0. The van der Waals surface area contributed by atoms with Crippen molar-refractivity contribution in [2.45, 2.75) is 59.9 Å². The molecule has 0 bridgehead atoms. The molecule has 1 unspecified atom stereocenters. The highest BCUT2D eigenvalue weighted by Gasteiger charge is 2.27. The summed E-state index contributed by atoms with van der Waals surface area (Å²) in [6.07, 6.45) is 3.94. The summed E-state index contributed by atoms with van der Waals surface area (Å²) >= 11 is 0. The smallest absolute Gasteiger partial charge is 0.0953 e. The fraction of sp³-hybridized carbons (Fsp3) is 0.769. The maximum absolute atomic E-state index is 4.29. The zero-order valence-corrected chi connectivity index (χ0v) is 11.1. The van der Waals surface area contributed by atoms with Crippen molar-refractivity contribution >= 4 is 0 Å². The summed E-state index contributed by atoms with van der Waals surface area (Å²) in [5.74, 6) is 0.513. The van der Waals surface area contributed by atoms with Crippen molar-refractivity contribution < 1.29 is 0 Å². The molecule has 0 saturated heterocycles. The summed E-state index contributed by atoms with van der Waals surface area (Å²) in [5, 5.41) is 0. The van der Waals surface area contributed by atoms with Crippen molar-refractivity contribution in [2.24, 2.45) is 5.41 Å². The van der Waals surface area contributed by atoms with Gasteiger partial charge in [0.15, 0.2) is 0 Å². The molecule has 0 aliphatic heterocycles. The van der Waals surface area contributed by atoms with E-state index in [1.807, 2.05) is 12.5 Å². The van der Waals surface area contributed by atoms with E-state index < -0.39 is 0 Å².